The molecule has 0 saturated carbocycles. The molecule has 0 aliphatic rings. The van der Waals surface area contributed by atoms with E-state index >= 15 is 0 Å². The fraction of sp³-hybridized carbons (Fsp3) is 0. The summed E-state index contributed by atoms with van der Waals surface area (Å²) in [6.07, 6.45) is 0. The first-order chi connectivity index (χ1) is 6.24. The lowest BCUT2D eigenvalue weighted by molar-refractivity contribution is 1.51. The van der Waals surface area contributed by atoms with E-state index in [1.165, 1.54) is 11.3 Å². The topological polar surface area (TPSA) is 49.8 Å². The van der Waals surface area contributed by atoms with Gasteiger partial charge in [-0.25, -0.2) is 0 Å². The van der Waals surface area contributed by atoms with Crippen molar-refractivity contribution in [1.82, 2.24) is 0 Å². The highest BCUT2D eigenvalue weighted by atomic mass is 32.1. The number of nitrogens with zero attached hydrogens (tertiary/aromatic N) is 1. The second-order valence-electron chi connectivity index (χ2n) is 2.61. The number of benzene rings is 1. The van der Waals surface area contributed by atoms with Crippen LogP contribution in [-0.4, -0.2) is 0 Å². The third-order valence-electron chi connectivity index (χ3n) is 1.83. The van der Waals surface area contributed by atoms with Gasteiger partial charge in [-0.1, -0.05) is 12.1 Å². The van der Waals surface area contributed by atoms with Crippen LogP contribution in [0.2, 0.25) is 0 Å². The van der Waals surface area contributed by atoms with E-state index in [0.29, 0.717) is 10.6 Å². The molecule has 2 nitrogen and oxygen atoms in total. The zero-order valence-electron chi connectivity index (χ0n) is 6.61. The molecule has 2 aromatic rings. The average molecular weight is 206 g/mol. The van der Waals surface area contributed by atoms with Crippen molar-refractivity contribution in [2.24, 2.45) is 0 Å². The van der Waals surface area contributed by atoms with Crippen LogP contribution in [0, 0.1) is 11.3 Å². The lowest BCUT2D eigenvalue weighted by Crippen LogP contribution is -1.81. The highest BCUT2D eigenvalue weighted by Gasteiger charge is 2.09. The largest absolute Gasteiger partial charge is 0.389 e. The molecule has 0 unspecified atom stereocenters. The Balaban J connectivity index is 2.96. The van der Waals surface area contributed by atoms with E-state index in [1.54, 1.807) is 0 Å². The number of fused-ring (bicyclic) bond motifs is 1. The Morgan fingerprint density at radius 3 is 2.92 bits per heavy atom. The number of thiophene rings is 1. The molecule has 4 heteroatoms. The summed E-state index contributed by atoms with van der Waals surface area (Å²) in [6.45, 7) is 0. The molecule has 1 heterocycles. The Hall–Kier alpha value is -1.18. The molecule has 0 radical (unpaired) electrons. The summed E-state index contributed by atoms with van der Waals surface area (Å²) in [7, 11) is 0. The lowest BCUT2D eigenvalue weighted by Gasteiger charge is -1.91. The third kappa shape index (κ3) is 1.17. The van der Waals surface area contributed by atoms with Gasteiger partial charge < -0.3 is 5.73 Å². The molecule has 0 saturated heterocycles. The number of rotatable bonds is 0. The number of nitrogen functional groups attached to an aromatic ring is 1. The van der Waals surface area contributed by atoms with E-state index in [1.807, 2.05) is 18.2 Å². The van der Waals surface area contributed by atoms with Gasteiger partial charge >= 0.3 is 0 Å². The highest BCUT2D eigenvalue weighted by Crippen LogP contribution is 2.36. The van der Waals surface area contributed by atoms with E-state index in [4.69, 9.17) is 11.0 Å². The minimum Gasteiger partial charge on any atom is -0.389 e. The SMILES string of the molecule is N#Cc1c(N)sc2c(S)cccc12. The minimum absolute atomic E-state index is 0.566. The van der Waals surface area contributed by atoms with Crippen LogP contribution in [-0.2, 0) is 0 Å². The molecule has 2 N–H and O–H groups in total. The Morgan fingerprint density at radius 1 is 1.46 bits per heavy atom. The van der Waals surface area contributed by atoms with E-state index < -0.39 is 0 Å². The zero-order chi connectivity index (χ0) is 9.42. The predicted octanol–water partition coefficient (Wildman–Crippen LogP) is 2.64. The van der Waals surface area contributed by atoms with Gasteiger partial charge in [0.15, 0.2) is 0 Å². The third-order valence-corrected chi connectivity index (χ3v) is 3.43. The van der Waals surface area contributed by atoms with Crippen LogP contribution in [0.4, 0.5) is 5.00 Å². The maximum absolute atomic E-state index is 8.85. The molecule has 64 valence electrons. The van der Waals surface area contributed by atoms with Crippen molar-refractivity contribution < 1.29 is 0 Å². The molecule has 0 aliphatic carbocycles. The number of thiol groups is 1. The van der Waals surface area contributed by atoms with Gasteiger partial charge in [0.1, 0.15) is 11.1 Å². The Morgan fingerprint density at radius 2 is 2.23 bits per heavy atom. The standard InChI is InChI=1S/C9H6N2S2/c10-4-6-5-2-1-3-7(12)8(5)13-9(6)11/h1-3,12H,11H2. The van der Waals surface area contributed by atoms with Gasteiger partial charge in [0.25, 0.3) is 0 Å². The van der Waals surface area contributed by atoms with Crippen molar-refractivity contribution in [3.8, 4) is 6.07 Å². The molecular weight excluding hydrogens is 200 g/mol. The smallest absolute Gasteiger partial charge is 0.105 e. The van der Waals surface area contributed by atoms with Crippen LogP contribution in [0.5, 0.6) is 0 Å². The fourth-order valence-corrected chi connectivity index (χ4v) is 2.51. The summed E-state index contributed by atoms with van der Waals surface area (Å²) in [5.41, 5.74) is 6.26. The molecule has 1 aromatic carbocycles. The van der Waals surface area contributed by atoms with E-state index in [-0.39, 0.29) is 0 Å². The van der Waals surface area contributed by atoms with Gasteiger partial charge in [0.2, 0.25) is 0 Å². The lowest BCUT2D eigenvalue weighted by atomic mass is 10.2. The molecular formula is C9H6N2S2. The van der Waals surface area contributed by atoms with Gasteiger partial charge in [0, 0.05) is 10.3 Å². The van der Waals surface area contributed by atoms with Crippen molar-refractivity contribution in [3.05, 3.63) is 23.8 Å². The molecule has 0 fully saturated rings. The first-order valence-electron chi connectivity index (χ1n) is 3.64. The second kappa shape index (κ2) is 2.95. The number of hydrogen-bond acceptors (Lipinski definition) is 4. The van der Waals surface area contributed by atoms with E-state index in [2.05, 4.69) is 18.7 Å². The predicted molar refractivity (Wildman–Crippen MR) is 58.2 cm³/mol. The maximum atomic E-state index is 8.85. The van der Waals surface area contributed by atoms with Crippen molar-refractivity contribution in [3.63, 3.8) is 0 Å². The van der Waals surface area contributed by atoms with Crippen LogP contribution < -0.4 is 5.73 Å². The van der Waals surface area contributed by atoms with Crippen LogP contribution >= 0.6 is 24.0 Å². The van der Waals surface area contributed by atoms with Gasteiger partial charge in [0.05, 0.1) is 10.3 Å². The van der Waals surface area contributed by atoms with Crippen molar-refractivity contribution in [2.75, 3.05) is 5.73 Å². The van der Waals surface area contributed by atoms with Crippen LogP contribution in [0.1, 0.15) is 5.56 Å². The van der Waals surface area contributed by atoms with Gasteiger partial charge in [-0.2, -0.15) is 5.26 Å². The number of hydrogen-bond donors (Lipinski definition) is 2. The van der Waals surface area contributed by atoms with Crippen LogP contribution in [0.3, 0.4) is 0 Å². The molecule has 0 bridgehead atoms. The van der Waals surface area contributed by atoms with Crippen LogP contribution in [0.25, 0.3) is 10.1 Å². The second-order valence-corrected chi connectivity index (χ2v) is 4.14. The molecule has 0 spiro atoms. The first-order valence-corrected chi connectivity index (χ1v) is 4.90. The average Bonchev–Trinajstić information content (AvgIpc) is 2.43. The summed E-state index contributed by atoms with van der Waals surface area (Å²) in [6, 6.07) is 7.75. The van der Waals surface area contributed by atoms with Crippen molar-refractivity contribution in [2.45, 2.75) is 4.90 Å². The number of anilines is 1. The Labute approximate surface area is 85.0 Å². The van der Waals surface area contributed by atoms with Crippen LogP contribution in [0.15, 0.2) is 23.1 Å². The summed E-state index contributed by atoms with van der Waals surface area (Å²) in [5, 5.41) is 10.3. The Bertz CT molecular complexity index is 508. The maximum Gasteiger partial charge on any atom is 0.105 e. The zero-order valence-corrected chi connectivity index (χ0v) is 8.32. The molecule has 2 rings (SSSR count). The molecule has 0 aliphatic heterocycles. The van der Waals surface area contributed by atoms with E-state index in [9.17, 15) is 0 Å². The number of nitriles is 1. The summed E-state index contributed by atoms with van der Waals surface area (Å²) < 4.78 is 0.986. The van der Waals surface area contributed by atoms with Crippen molar-refractivity contribution >= 4 is 39.1 Å². The quantitative estimate of drug-likeness (QED) is 0.651. The van der Waals surface area contributed by atoms with E-state index in [0.717, 1.165) is 15.0 Å². The number of nitrogens with two attached hydrogens (primary N) is 1. The monoisotopic (exact) mass is 206 g/mol. The molecule has 1 aromatic heterocycles. The summed E-state index contributed by atoms with van der Waals surface area (Å²) in [4.78, 5) is 0.871. The molecule has 0 amide bonds. The van der Waals surface area contributed by atoms with Gasteiger partial charge in [-0.15, -0.1) is 24.0 Å². The normalized spacial score (nSPS) is 10.2. The minimum atomic E-state index is 0.566. The summed E-state index contributed by atoms with van der Waals surface area (Å²) >= 11 is 5.70. The fourth-order valence-electron chi connectivity index (χ4n) is 1.24. The van der Waals surface area contributed by atoms with Gasteiger partial charge in [-0.05, 0) is 6.07 Å². The molecule has 13 heavy (non-hydrogen) atoms. The van der Waals surface area contributed by atoms with Gasteiger partial charge in [-0.3, -0.25) is 0 Å². The summed E-state index contributed by atoms with van der Waals surface area (Å²) in [5.74, 6) is 0. The Kier molecular flexibility index (Phi) is 1.91. The van der Waals surface area contributed by atoms with Crippen molar-refractivity contribution in [1.29, 1.82) is 5.26 Å². The first kappa shape index (κ1) is 8.42. The highest BCUT2D eigenvalue weighted by molar-refractivity contribution is 7.80. The molecule has 0 atom stereocenters.